The van der Waals surface area contributed by atoms with Gasteiger partial charge in [-0.15, -0.1) is 0 Å². The molecule has 1 saturated carbocycles. The van der Waals surface area contributed by atoms with Crippen molar-refractivity contribution in [2.45, 2.75) is 89.8 Å². The van der Waals surface area contributed by atoms with Gasteiger partial charge in [0.05, 0.1) is 6.54 Å². The van der Waals surface area contributed by atoms with Crippen LogP contribution in [0.15, 0.2) is 0 Å². The van der Waals surface area contributed by atoms with Crippen molar-refractivity contribution in [1.82, 2.24) is 15.1 Å². The van der Waals surface area contributed by atoms with Gasteiger partial charge in [0.25, 0.3) is 0 Å². The van der Waals surface area contributed by atoms with Gasteiger partial charge in [0.2, 0.25) is 11.8 Å². The molecule has 2 amide bonds. The largest absolute Gasteiger partial charge is 0.355 e. The van der Waals surface area contributed by atoms with E-state index in [1.165, 1.54) is 32.1 Å². The molecule has 0 bridgehead atoms. The summed E-state index contributed by atoms with van der Waals surface area (Å²) < 4.78 is 0. The van der Waals surface area contributed by atoms with Gasteiger partial charge in [0.1, 0.15) is 0 Å². The molecule has 2 saturated heterocycles. The van der Waals surface area contributed by atoms with E-state index in [4.69, 9.17) is 0 Å². The van der Waals surface area contributed by atoms with E-state index in [0.29, 0.717) is 37.0 Å². The fraction of sp³-hybridized carbons (Fsp3) is 0.900. The highest BCUT2D eigenvalue weighted by atomic mass is 16.2. The van der Waals surface area contributed by atoms with Gasteiger partial charge in [-0.25, -0.2) is 0 Å². The fourth-order valence-corrected chi connectivity index (χ4v) is 5.18. The molecule has 1 N–H and O–H groups in total. The summed E-state index contributed by atoms with van der Waals surface area (Å²) in [4.78, 5) is 28.9. The van der Waals surface area contributed by atoms with E-state index in [2.05, 4.69) is 24.1 Å². The van der Waals surface area contributed by atoms with Crippen molar-refractivity contribution in [2.24, 2.45) is 5.92 Å². The first-order chi connectivity index (χ1) is 12.1. The Hall–Kier alpha value is -1.10. The molecule has 0 unspecified atom stereocenters. The van der Waals surface area contributed by atoms with E-state index in [1.807, 2.05) is 4.90 Å². The number of nitrogens with zero attached hydrogens (tertiary/aromatic N) is 2. The highest BCUT2D eigenvalue weighted by molar-refractivity contribution is 5.86. The molecule has 5 nitrogen and oxygen atoms in total. The smallest absolute Gasteiger partial charge is 0.239 e. The number of likely N-dealkylation sites (tertiary alicyclic amines) is 2. The van der Waals surface area contributed by atoms with Gasteiger partial charge >= 0.3 is 0 Å². The number of carbonyl (C=O) groups is 2. The lowest BCUT2D eigenvalue weighted by Gasteiger charge is -2.39. The van der Waals surface area contributed by atoms with Gasteiger partial charge in [0.15, 0.2) is 0 Å². The molecule has 3 aliphatic rings. The number of piperidine rings is 1. The quantitative estimate of drug-likeness (QED) is 0.750. The third kappa shape index (κ3) is 4.55. The molecule has 2 aliphatic heterocycles. The molecule has 1 aliphatic carbocycles. The summed E-state index contributed by atoms with van der Waals surface area (Å²) in [5, 5.41) is 3.04. The summed E-state index contributed by atoms with van der Waals surface area (Å²) in [6.45, 7) is 6.65. The van der Waals surface area contributed by atoms with Crippen LogP contribution in [0.2, 0.25) is 0 Å². The van der Waals surface area contributed by atoms with Crippen LogP contribution >= 0.6 is 0 Å². The highest BCUT2D eigenvalue weighted by Crippen LogP contribution is 2.36. The molecule has 2 heterocycles. The van der Waals surface area contributed by atoms with Gasteiger partial charge in [0, 0.05) is 37.6 Å². The minimum Gasteiger partial charge on any atom is -0.355 e. The molecule has 4 atom stereocenters. The van der Waals surface area contributed by atoms with E-state index in [-0.39, 0.29) is 18.4 Å². The van der Waals surface area contributed by atoms with Crippen LogP contribution in [0.5, 0.6) is 0 Å². The Kier molecular flexibility index (Phi) is 6.37. The molecule has 0 radical (unpaired) electrons. The number of fused-ring (bicyclic) bond motifs is 1. The molecule has 0 spiro atoms. The van der Waals surface area contributed by atoms with Crippen molar-refractivity contribution in [1.29, 1.82) is 0 Å². The predicted molar refractivity (Wildman–Crippen MR) is 99.2 cm³/mol. The van der Waals surface area contributed by atoms with Crippen molar-refractivity contribution in [3.05, 3.63) is 0 Å². The first kappa shape index (κ1) is 18.7. The lowest BCUT2D eigenvalue weighted by molar-refractivity contribution is -0.134. The molecule has 0 aromatic heterocycles. The zero-order valence-electron chi connectivity index (χ0n) is 16.0. The minimum atomic E-state index is 0.0133. The van der Waals surface area contributed by atoms with E-state index in [0.717, 1.165) is 25.8 Å². The Labute approximate surface area is 152 Å². The number of nitrogens with one attached hydrogen (secondary N) is 1. The second kappa shape index (κ2) is 8.52. The number of amides is 2. The van der Waals surface area contributed by atoms with Crippen molar-refractivity contribution in [3.63, 3.8) is 0 Å². The molecule has 142 valence electrons. The first-order valence-corrected chi connectivity index (χ1v) is 10.4. The summed E-state index contributed by atoms with van der Waals surface area (Å²) in [7, 11) is 0. The summed E-state index contributed by atoms with van der Waals surface area (Å²) >= 11 is 0. The van der Waals surface area contributed by atoms with E-state index in [9.17, 15) is 9.59 Å². The molecule has 25 heavy (non-hydrogen) atoms. The maximum atomic E-state index is 12.3. The second-order valence-corrected chi connectivity index (χ2v) is 8.41. The predicted octanol–water partition coefficient (Wildman–Crippen LogP) is 2.55. The zero-order chi connectivity index (χ0) is 17.8. The number of rotatable bonds is 6. The van der Waals surface area contributed by atoms with Crippen molar-refractivity contribution >= 4 is 11.8 Å². The van der Waals surface area contributed by atoms with Crippen LogP contribution in [0.25, 0.3) is 0 Å². The average molecular weight is 350 g/mol. The third-order valence-corrected chi connectivity index (χ3v) is 6.63. The zero-order valence-corrected chi connectivity index (χ0v) is 16.0. The van der Waals surface area contributed by atoms with Gasteiger partial charge in [-0.3, -0.25) is 14.5 Å². The number of carbonyl (C=O) groups excluding carboxylic acids is 2. The van der Waals surface area contributed by atoms with Crippen LogP contribution in [-0.2, 0) is 9.59 Å². The van der Waals surface area contributed by atoms with Crippen LogP contribution in [0.4, 0.5) is 0 Å². The van der Waals surface area contributed by atoms with Crippen LogP contribution in [0, 0.1) is 5.92 Å². The van der Waals surface area contributed by atoms with Crippen LogP contribution in [0.1, 0.15) is 71.6 Å². The summed E-state index contributed by atoms with van der Waals surface area (Å²) in [6, 6.07) is 1.64. The Morgan fingerprint density at radius 2 is 1.80 bits per heavy atom. The maximum absolute atomic E-state index is 12.3. The lowest BCUT2D eigenvalue weighted by atomic mass is 9.85. The average Bonchev–Trinajstić information content (AvgIpc) is 2.89. The van der Waals surface area contributed by atoms with Gasteiger partial charge in [-0.1, -0.05) is 19.3 Å². The van der Waals surface area contributed by atoms with Crippen molar-refractivity contribution in [3.8, 4) is 0 Å². The molecule has 3 fully saturated rings. The van der Waals surface area contributed by atoms with Crippen LogP contribution in [0.3, 0.4) is 0 Å². The van der Waals surface area contributed by atoms with Crippen molar-refractivity contribution < 1.29 is 9.59 Å². The Morgan fingerprint density at radius 3 is 2.56 bits per heavy atom. The third-order valence-electron chi connectivity index (χ3n) is 6.63. The molecular formula is C20H35N3O2. The SMILES string of the molecule is C[C@@H]1CCC[C@H](C)N1CCCNC(=O)CN1C(=O)C[C@H]2CCCC[C@H]21. The Bertz CT molecular complexity index is 472. The molecule has 0 aromatic carbocycles. The van der Waals surface area contributed by atoms with E-state index < -0.39 is 0 Å². The monoisotopic (exact) mass is 349 g/mol. The topological polar surface area (TPSA) is 52.7 Å². The summed E-state index contributed by atoms with van der Waals surface area (Å²) in [5.74, 6) is 0.693. The van der Waals surface area contributed by atoms with E-state index >= 15 is 0 Å². The second-order valence-electron chi connectivity index (χ2n) is 8.41. The van der Waals surface area contributed by atoms with E-state index in [1.54, 1.807) is 0 Å². The van der Waals surface area contributed by atoms with Gasteiger partial charge in [-0.2, -0.15) is 0 Å². The Balaban J connectivity index is 1.37. The lowest BCUT2D eigenvalue weighted by Crippen LogP contribution is -2.46. The van der Waals surface area contributed by atoms with Gasteiger partial charge < -0.3 is 10.2 Å². The summed E-state index contributed by atoms with van der Waals surface area (Å²) in [6.07, 6.45) is 10.2. The molecule has 3 rings (SSSR count). The highest BCUT2D eigenvalue weighted by Gasteiger charge is 2.41. The molecule has 0 aromatic rings. The van der Waals surface area contributed by atoms with Gasteiger partial charge in [-0.05, 0) is 51.9 Å². The van der Waals surface area contributed by atoms with Crippen molar-refractivity contribution in [2.75, 3.05) is 19.6 Å². The minimum absolute atomic E-state index is 0.0133. The first-order valence-electron chi connectivity index (χ1n) is 10.4. The Morgan fingerprint density at radius 1 is 1.08 bits per heavy atom. The fourth-order valence-electron chi connectivity index (χ4n) is 5.18. The van der Waals surface area contributed by atoms with Crippen LogP contribution < -0.4 is 5.32 Å². The number of hydrogen-bond acceptors (Lipinski definition) is 3. The maximum Gasteiger partial charge on any atom is 0.239 e. The molecular weight excluding hydrogens is 314 g/mol. The normalized spacial score (nSPS) is 33.4. The van der Waals surface area contributed by atoms with Crippen LogP contribution in [-0.4, -0.2) is 59.4 Å². The number of hydrogen-bond donors (Lipinski definition) is 1. The summed E-state index contributed by atoms with van der Waals surface area (Å²) in [5.41, 5.74) is 0. The molecule has 5 heteroatoms. The standard InChI is InChI=1S/C20H35N3O2/c1-15-7-5-8-16(2)22(15)12-6-11-21-19(24)14-23-18-10-4-3-9-17(18)13-20(23)25/h15-18H,3-14H2,1-2H3,(H,21,24)/t15-,16+,17-,18-/m1/s1.